The topological polar surface area (TPSA) is 110 Å². The Morgan fingerprint density at radius 3 is 1.72 bits per heavy atom. The third-order valence-electron chi connectivity index (χ3n) is 2.71. The molecule has 6 heteroatoms. The second-order valence-electron chi connectivity index (χ2n) is 6.68. The Bertz CT molecular complexity index is 315. The fourth-order valence-corrected chi connectivity index (χ4v) is 1.33. The summed E-state index contributed by atoms with van der Waals surface area (Å²) >= 11 is 0. The molecular formula is C12H26N4O2. The van der Waals surface area contributed by atoms with Crippen LogP contribution in [0, 0.1) is 10.8 Å². The largest absolute Gasteiger partial charge is 0.368 e. The van der Waals surface area contributed by atoms with E-state index in [9.17, 15) is 9.59 Å². The first-order valence-electron chi connectivity index (χ1n) is 5.97. The third kappa shape index (κ3) is 5.01. The van der Waals surface area contributed by atoms with Crippen molar-refractivity contribution in [2.45, 2.75) is 53.6 Å². The van der Waals surface area contributed by atoms with E-state index in [1.807, 2.05) is 41.5 Å². The van der Waals surface area contributed by atoms with E-state index >= 15 is 0 Å². The maximum atomic E-state index is 11.8. The number of hydrogen-bond donors (Lipinski definition) is 4. The predicted octanol–water partition coefficient (Wildman–Crippen LogP) is -0.119. The summed E-state index contributed by atoms with van der Waals surface area (Å²) in [5.41, 5.74) is 15.5. The molecule has 2 unspecified atom stereocenters. The second-order valence-corrected chi connectivity index (χ2v) is 6.68. The van der Waals surface area contributed by atoms with Crippen molar-refractivity contribution >= 4 is 11.8 Å². The highest BCUT2D eigenvalue weighted by molar-refractivity contribution is 5.84. The molecule has 0 aliphatic heterocycles. The van der Waals surface area contributed by atoms with E-state index in [2.05, 4.69) is 10.9 Å². The molecule has 18 heavy (non-hydrogen) atoms. The lowest BCUT2D eigenvalue weighted by Gasteiger charge is -2.31. The lowest BCUT2D eigenvalue weighted by molar-refractivity contribution is -0.127. The summed E-state index contributed by atoms with van der Waals surface area (Å²) in [4.78, 5) is 23.1. The van der Waals surface area contributed by atoms with Gasteiger partial charge in [-0.3, -0.25) is 15.0 Å². The molecule has 0 fully saturated rings. The molecule has 0 radical (unpaired) electrons. The fraction of sp³-hybridized carbons (Fsp3) is 0.833. The maximum Gasteiger partial charge on any atom is 0.251 e. The highest BCUT2D eigenvalue weighted by Gasteiger charge is 2.32. The molecule has 2 amide bonds. The molecule has 0 heterocycles. The first-order valence-corrected chi connectivity index (χ1v) is 5.97. The molecule has 0 aliphatic rings. The summed E-state index contributed by atoms with van der Waals surface area (Å²) in [5.74, 6) is -0.884. The Morgan fingerprint density at radius 2 is 1.44 bits per heavy atom. The van der Waals surface area contributed by atoms with Gasteiger partial charge < -0.3 is 11.5 Å². The number of nitrogens with one attached hydrogen (secondary N) is 2. The Hall–Kier alpha value is -1.14. The van der Waals surface area contributed by atoms with Crippen LogP contribution in [0.1, 0.15) is 41.5 Å². The van der Waals surface area contributed by atoms with Crippen LogP contribution in [0.5, 0.6) is 0 Å². The summed E-state index contributed by atoms with van der Waals surface area (Å²) < 4.78 is 0. The first kappa shape index (κ1) is 16.9. The Kier molecular flexibility index (Phi) is 5.31. The maximum absolute atomic E-state index is 11.8. The number of hydrogen-bond acceptors (Lipinski definition) is 4. The van der Waals surface area contributed by atoms with Gasteiger partial charge in [-0.2, -0.15) is 0 Å². The van der Waals surface area contributed by atoms with E-state index in [0.717, 1.165) is 0 Å². The van der Waals surface area contributed by atoms with Crippen LogP contribution in [0.2, 0.25) is 0 Å². The molecule has 0 aromatic carbocycles. The second kappa shape index (κ2) is 5.67. The summed E-state index contributed by atoms with van der Waals surface area (Å²) in [7, 11) is 0. The molecule has 6 nitrogen and oxygen atoms in total. The van der Waals surface area contributed by atoms with Gasteiger partial charge >= 0.3 is 0 Å². The van der Waals surface area contributed by atoms with Crippen LogP contribution in [-0.2, 0) is 9.59 Å². The van der Waals surface area contributed by atoms with E-state index in [4.69, 9.17) is 11.5 Å². The van der Waals surface area contributed by atoms with Crippen LogP contribution < -0.4 is 22.3 Å². The van der Waals surface area contributed by atoms with Crippen LogP contribution in [0.4, 0.5) is 0 Å². The Balaban J connectivity index is 4.57. The van der Waals surface area contributed by atoms with Gasteiger partial charge in [-0.1, -0.05) is 41.5 Å². The zero-order valence-electron chi connectivity index (χ0n) is 12.1. The van der Waals surface area contributed by atoms with Crippen molar-refractivity contribution in [3.63, 3.8) is 0 Å². The smallest absolute Gasteiger partial charge is 0.251 e. The van der Waals surface area contributed by atoms with Gasteiger partial charge in [0.1, 0.15) is 6.04 Å². The number of carbonyl (C=O) groups excluding carboxylic acids is 2. The van der Waals surface area contributed by atoms with Gasteiger partial charge in [0.2, 0.25) is 5.91 Å². The van der Waals surface area contributed by atoms with Crippen LogP contribution in [0.15, 0.2) is 0 Å². The minimum absolute atomic E-state index is 0.351. The van der Waals surface area contributed by atoms with Crippen molar-refractivity contribution < 1.29 is 9.59 Å². The monoisotopic (exact) mass is 258 g/mol. The zero-order chi connectivity index (χ0) is 14.7. The highest BCUT2D eigenvalue weighted by atomic mass is 16.2. The van der Waals surface area contributed by atoms with Crippen LogP contribution in [-0.4, -0.2) is 23.9 Å². The predicted molar refractivity (Wildman–Crippen MR) is 71.1 cm³/mol. The SMILES string of the molecule is CC(C)(C)C(N)C(=O)NNC(C(N)=O)C(C)(C)C. The molecule has 0 aliphatic carbocycles. The average Bonchev–Trinajstić information content (AvgIpc) is 2.12. The molecule has 0 saturated heterocycles. The number of nitrogens with two attached hydrogens (primary N) is 2. The van der Waals surface area contributed by atoms with Gasteiger partial charge in [0.15, 0.2) is 0 Å². The molecule has 0 bridgehead atoms. The lowest BCUT2D eigenvalue weighted by atomic mass is 9.86. The normalized spacial score (nSPS) is 15.9. The van der Waals surface area contributed by atoms with Crippen molar-refractivity contribution in [3.05, 3.63) is 0 Å². The van der Waals surface area contributed by atoms with E-state index in [0.29, 0.717) is 0 Å². The molecule has 6 N–H and O–H groups in total. The zero-order valence-corrected chi connectivity index (χ0v) is 12.1. The lowest BCUT2D eigenvalue weighted by Crippen LogP contribution is -2.60. The van der Waals surface area contributed by atoms with Crippen molar-refractivity contribution in [3.8, 4) is 0 Å². The number of amides is 2. The van der Waals surface area contributed by atoms with Crippen molar-refractivity contribution in [1.29, 1.82) is 0 Å². The summed E-state index contributed by atoms with van der Waals surface area (Å²) in [5, 5.41) is 0. The third-order valence-corrected chi connectivity index (χ3v) is 2.71. The summed E-state index contributed by atoms with van der Waals surface area (Å²) in [6.45, 7) is 11.2. The first-order chi connectivity index (χ1) is 7.87. The van der Waals surface area contributed by atoms with E-state index in [1.165, 1.54) is 0 Å². The molecule has 106 valence electrons. The Labute approximate surface area is 109 Å². The van der Waals surface area contributed by atoms with Gasteiger partial charge in [0.25, 0.3) is 5.91 Å². The van der Waals surface area contributed by atoms with Gasteiger partial charge in [-0.05, 0) is 10.8 Å². The number of rotatable bonds is 4. The molecule has 2 atom stereocenters. The molecule has 0 spiro atoms. The highest BCUT2D eigenvalue weighted by Crippen LogP contribution is 2.19. The average molecular weight is 258 g/mol. The van der Waals surface area contributed by atoms with Crippen LogP contribution >= 0.6 is 0 Å². The number of carbonyl (C=O) groups is 2. The fourth-order valence-electron chi connectivity index (χ4n) is 1.33. The Morgan fingerprint density at radius 1 is 1.00 bits per heavy atom. The van der Waals surface area contributed by atoms with Crippen LogP contribution in [0.25, 0.3) is 0 Å². The van der Waals surface area contributed by atoms with Crippen molar-refractivity contribution in [1.82, 2.24) is 10.9 Å². The molecule has 0 rings (SSSR count). The summed E-state index contributed by atoms with van der Waals surface area (Å²) in [6, 6.07) is -1.33. The number of primary amides is 1. The van der Waals surface area contributed by atoms with Crippen molar-refractivity contribution in [2.75, 3.05) is 0 Å². The summed E-state index contributed by atoms with van der Waals surface area (Å²) in [6.07, 6.45) is 0. The minimum Gasteiger partial charge on any atom is -0.368 e. The van der Waals surface area contributed by atoms with E-state index in [-0.39, 0.29) is 11.3 Å². The van der Waals surface area contributed by atoms with Crippen LogP contribution in [0.3, 0.4) is 0 Å². The van der Waals surface area contributed by atoms with Gasteiger partial charge in [-0.15, -0.1) is 0 Å². The van der Waals surface area contributed by atoms with Crippen molar-refractivity contribution in [2.24, 2.45) is 22.3 Å². The quantitative estimate of drug-likeness (QED) is 0.527. The van der Waals surface area contributed by atoms with E-state index in [1.54, 1.807) is 0 Å². The number of hydrazine groups is 1. The standard InChI is InChI=1S/C12H26N4O2/c1-11(2,3)7(13)10(18)16-15-8(9(14)17)12(4,5)6/h7-8,15H,13H2,1-6H3,(H2,14,17)(H,16,18). The molecule has 0 aromatic rings. The van der Waals surface area contributed by atoms with Gasteiger partial charge in [0.05, 0.1) is 6.04 Å². The van der Waals surface area contributed by atoms with E-state index < -0.39 is 23.4 Å². The molecule has 0 aromatic heterocycles. The molecular weight excluding hydrogens is 232 g/mol. The van der Waals surface area contributed by atoms with Gasteiger partial charge in [-0.25, -0.2) is 5.43 Å². The van der Waals surface area contributed by atoms with Gasteiger partial charge in [0, 0.05) is 0 Å². The minimum atomic E-state index is -0.668. The molecule has 0 saturated carbocycles.